The number of hydrogen-bond acceptors (Lipinski definition) is 3. The van der Waals surface area contributed by atoms with Crippen LogP contribution in [0, 0.1) is 11.7 Å². The summed E-state index contributed by atoms with van der Waals surface area (Å²) >= 11 is 0. The van der Waals surface area contributed by atoms with E-state index in [4.69, 9.17) is 4.74 Å². The lowest BCUT2D eigenvalue weighted by molar-refractivity contribution is -0.121. The van der Waals surface area contributed by atoms with Crippen LogP contribution in [0.1, 0.15) is 33.1 Å². The second-order valence-corrected chi connectivity index (χ2v) is 5.49. The molecule has 4 nitrogen and oxygen atoms in total. The maximum Gasteiger partial charge on any atom is 0.220 e. The first kappa shape index (κ1) is 17.4. The number of rotatable bonds is 9. The Morgan fingerprint density at radius 2 is 2.00 bits per heavy atom. The number of halogens is 1. The second-order valence-electron chi connectivity index (χ2n) is 5.49. The van der Waals surface area contributed by atoms with Crippen LogP contribution in [-0.4, -0.2) is 30.3 Å². The molecule has 0 aliphatic carbocycles. The van der Waals surface area contributed by atoms with E-state index in [1.165, 1.54) is 12.1 Å². The highest BCUT2D eigenvalue weighted by Crippen LogP contribution is 2.11. The summed E-state index contributed by atoms with van der Waals surface area (Å²) in [6, 6.07) is 5.77. The molecule has 0 saturated carbocycles. The van der Waals surface area contributed by atoms with E-state index in [1.807, 2.05) is 13.8 Å². The van der Waals surface area contributed by atoms with Crippen molar-refractivity contribution >= 4 is 5.91 Å². The number of hydrogen-bond donors (Lipinski definition) is 2. The Balaban J connectivity index is 2.09. The minimum atomic E-state index is -0.496. The first-order valence-corrected chi connectivity index (χ1v) is 7.30. The van der Waals surface area contributed by atoms with Crippen LogP contribution in [-0.2, 0) is 4.79 Å². The van der Waals surface area contributed by atoms with Crippen LogP contribution in [0.2, 0.25) is 0 Å². The normalized spacial score (nSPS) is 12.2. The summed E-state index contributed by atoms with van der Waals surface area (Å²) in [6.07, 6.45) is 1.09. The molecule has 21 heavy (non-hydrogen) atoms. The van der Waals surface area contributed by atoms with Crippen LogP contribution in [0.4, 0.5) is 4.39 Å². The van der Waals surface area contributed by atoms with Gasteiger partial charge in [0.2, 0.25) is 5.91 Å². The van der Waals surface area contributed by atoms with Crippen molar-refractivity contribution in [3.63, 3.8) is 0 Å². The molecule has 0 aromatic heterocycles. The summed E-state index contributed by atoms with van der Waals surface area (Å²) in [5.74, 6) is 0.590. The van der Waals surface area contributed by atoms with Crippen molar-refractivity contribution in [2.45, 2.75) is 39.2 Å². The van der Waals surface area contributed by atoms with Crippen molar-refractivity contribution in [1.82, 2.24) is 5.32 Å². The van der Waals surface area contributed by atoms with E-state index in [9.17, 15) is 14.3 Å². The molecule has 0 radical (unpaired) electrons. The van der Waals surface area contributed by atoms with Gasteiger partial charge in [0, 0.05) is 13.0 Å². The maximum atomic E-state index is 12.7. The Kier molecular flexibility index (Phi) is 7.75. The van der Waals surface area contributed by atoms with E-state index < -0.39 is 6.10 Å². The minimum absolute atomic E-state index is 0.0967. The van der Waals surface area contributed by atoms with Crippen LogP contribution < -0.4 is 10.1 Å². The van der Waals surface area contributed by atoms with Crippen LogP contribution >= 0.6 is 0 Å². The molecule has 1 atom stereocenters. The highest BCUT2D eigenvalue weighted by atomic mass is 19.1. The minimum Gasteiger partial charge on any atom is -0.494 e. The van der Waals surface area contributed by atoms with Gasteiger partial charge in [-0.2, -0.15) is 0 Å². The van der Waals surface area contributed by atoms with Gasteiger partial charge in [-0.1, -0.05) is 13.8 Å². The molecule has 0 saturated heterocycles. The molecule has 2 N–H and O–H groups in total. The molecule has 118 valence electrons. The second kappa shape index (κ2) is 9.34. The smallest absolute Gasteiger partial charge is 0.220 e. The summed E-state index contributed by atoms with van der Waals surface area (Å²) < 4.78 is 18.1. The van der Waals surface area contributed by atoms with Crippen LogP contribution in [0.15, 0.2) is 24.3 Å². The summed E-state index contributed by atoms with van der Waals surface area (Å²) in [6.45, 7) is 4.74. The lowest BCUT2D eigenvalue weighted by Crippen LogP contribution is -2.32. The quantitative estimate of drug-likeness (QED) is 0.689. The predicted molar refractivity (Wildman–Crippen MR) is 79.6 cm³/mol. The molecule has 1 unspecified atom stereocenters. The number of nitrogens with one attached hydrogen (secondary N) is 1. The van der Waals surface area contributed by atoms with Crippen molar-refractivity contribution in [2.75, 3.05) is 13.2 Å². The van der Waals surface area contributed by atoms with Gasteiger partial charge in [-0.05, 0) is 43.0 Å². The fourth-order valence-corrected chi connectivity index (χ4v) is 1.90. The zero-order valence-electron chi connectivity index (χ0n) is 12.6. The van der Waals surface area contributed by atoms with Gasteiger partial charge in [0.1, 0.15) is 11.6 Å². The van der Waals surface area contributed by atoms with E-state index in [-0.39, 0.29) is 18.3 Å². The van der Waals surface area contributed by atoms with Gasteiger partial charge in [-0.25, -0.2) is 4.39 Å². The third kappa shape index (κ3) is 8.30. The predicted octanol–water partition coefficient (Wildman–Crippen LogP) is 2.51. The molecule has 1 amide bonds. The van der Waals surface area contributed by atoms with E-state index in [0.717, 1.165) is 0 Å². The molecule has 0 spiro atoms. The number of aliphatic hydroxyl groups is 1. The van der Waals surface area contributed by atoms with Crippen LogP contribution in [0.25, 0.3) is 0 Å². The van der Waals surface area contributed by atoms with Gasteiger partial charge in [0.05, 0.1) is 12.7 Å². The first-order chi connectivity index (χ1) is 9.97. The average molecular weight is 297 g/mol. The number of aliphatic hydroxyl groups excluding tert-OH is 1. The summed E-state index contributed by atoms with van der Waals surface area (Å²) in [5.41, 5.74) is 0. The number of carbonyl (C=O) groups excluding carboxylic acids is 1. The summed E-state index contributed by atoms with van der Waals surface area (Å²) in [5, 5.41) is 12.3. The zero-order chi connectivity index (χ0) is 15.7. The molecule has 5 heteroatoms. The molecule has 0 heterocycles. The van der Waals surface area contributed by atoms with Gasteiger partial charge >= 0.3 is 0 Å². The molecule has 0 aliphatic rings. The van der Waals surface area contributed by atoms with E-state index >= 15 is 0 Å². The van der Waals surface area contributed by atoms with Gasteiger partial charge in [-0.3, -0.25) is 4.79 Å². The number of benzene rings is 1. The molecule has 0 bridgehead atoms. The van der Waals surface area contributed by atoms with Crippen molar-refractivity contribution < 1.29 is 19.0 Å². The van der Waals surface area contributed by atoms with Crippen molar-refractivity contribution in [3.05, 3.63) is 30.1 Å². The van der Waals surface area contributed by atoms with E-state index in [1.54, 1.807) is 12.1 Å². The molecule has 0 fully saturated rings. The summed E-state index contributed by atoms with van der Waals surface area (Å²) in [4.78, 5) is 11.6. The Morgan fingerprint density at radius 3 is 2.62 bits per heavy atom. The van der Waals surface area contributed by atoms with E-state index in [2.05, 4.69) is 5.32 Å². The Bertz CT molecular complexity index is 420. The molecule has 1 aromatic carbocycles. The third-order valence-electron chi connectivity index (χ3n) is 2.91. The van der Waals surface area contributed by atoms with E-state index in [0.29, 0.717) is 37.5 Å². The topological polar surface area (TPSA) is 58.6 Å². The number of amides is 1. The van der Waals surface area contributed by atoms with Gasteiger partial charge in [0.15, 0.2) is 0 Å². The van der Waals surface area contributed by atoms with Crippen LogP contribution in [0.5, 0.6) is 5.75 Å². The Morgan fingerprint density at radius 1 is 1.33 bits per heavy atom. The standard InChI is InChI=1S/C16H24FNO3/c1-12(2)10-14(19)11-18-16(20)4-3-9-21-15-7-5-13(17)6-8-15/h5-8,12,14,19H,3-4,9-11H2,1-2H3,(H,18,20). The Labute approximate surface area is 125 Å². The van der Waals surface area contributed by atoms with Crippen molar-refractivity contribution in [1.29, 1.82) is 0 Å². The van der Waals surface area contributed by atoms with Crippen molar-refractivity contribution in [3.8, 4) is 5.75 Å². The third-order valence-corrected chi connectivity index (χ3v) is 2.91. The largest absolute Gasteiger partial charge is 0.494 e. The van der Waals surface area contributed by atoms with Gasteiger partial charge in [-0.15, -0.1) is 0 Å². The fourth-order valence-electron chi connectivity index (χ4n) is 1.90. The number of ether oxygens (including phenoxy) is 1. The summed E-state index contributed by atoms with van der Waals surface area (Å²) in [7, 11) is 0. The van der Waals surface area contributed by atoms with Crippen molar-refractivity contribution in [2.24, 2.45) is 5.92 Å². The zero-order valence-corrected chi connectivity index (χ0v) is 12.6. The maximum absolute atomic E-state index is 12.7. The van der Waals surface area contributed by atoms with Crippen LogP contribution in [0.3, 0.4) is 0 Å². The lowest BCUT2D eigenvalue weighted by atomic mass is 10.1. The SMILES string of the molecule is CC(C)CC(O)CNC(=O)CCCOc1ccc(F)cc1. The first-order valence-electron chi connectivity index (χ1n) is 7.30. The monoisotopic (exact) mass is 297 g/mol. The Hall–Kier alpha value is -1.62. The number of carbonyl (C=O) groups is 1. The fraction of sp³-hybridized carbons (Fsp3) is 0.562. The lowest BCUT2D eigenvalue weighted by Gasteiger charge is -2.13. The molecule has 0 aliphatic heterocycles. The molecule has 1 aromatic rings. The highest BCUT2D eigenvalue weighted by Gasteiger charge is 2.08. The molecular weight excluding hydrogens is 273 g/mol. The molecule has 1 rings (SSSR count). The van der Waals surface area contributed by atoms with Gasteiger partial charge < -0.3 is 15.2 Å². The molecular formula is C16H24FNO3. The highest BCUT2D eigenvalue weighted by molar-refractivity contribution is 5.75. The average Bonchev–Trinajstić information content (AvgIpc) is 2.42. The van der Waals surface area contributed by atoms with Gasteiger partial charge in [0.25, 0.3) is 0 Å².